The summed E-state index contributed by atoms with van der Waals surface area (Å²) in [4.78, 5) is 17.5. The number of rotatable bonds is 11. The van der Waals surface area contributed by atoms with Crippen molar-refractivity contribution in [3.8, 4) is 11.6 Å². The molecule has 0 saturated carbocycles. The zero-order valence-electron chi connectivity index (χ0n) is 17.9. The topological polar surface area (TPSA) is 60.5 Å². The number of allylic oxidation sites excluding steroid dienone is 2. The fourth-order valence-electron chi connectivity index (χ4n) is 3.37. The van der Waals surface area contributed by atoms with E-state index in [2.05, 4.69) is 23.5 Å². The monoisotopic (exact) mass is 428 g/mol. The minimum absolute atomic E-state index is 0.243. The number of halogens is 1. The van der Waals surface area contributed by atoms with Gasteiger partial charge in [-0.25, -0.2) is 4.98 Å². The van der Waals surface area contributed by atoms with Crippen molar-refractivity contribution in [2.75, 3.05) is 14.2 Å². The van der Waals surface area contributed by atoms with Gasteiger partial charge in [-0.3, -0.25) is 4.79 Å². The number of pyridine rings is 1. The molecule has 2 rings (SSSR count). The van der Waals surface area contributed by atoms with E-state index in [4.69, 9.17) is 21.1 Å². The maximum atomic E-state index is 13.0. The van der Waals surface area contributed by atoms with Crippen LogP contribution >= 0.6 is 11.6 Å². The fourth-order valence-corrected chi connectivity index (χ4v) is 3.58. The van der Waals surface area contributed by atoms with E-state index < -0.39 is 0 Å². The molecule has 0 bridgehead atoms. The van der Waals surface area contributed by atoms with E-state index in [-0.39, 0.29) is 5.91 Å². The molecule has 0 aliphatic heterocycles. The summed E-state index contributed by atoms with van der Waals surface area (Å²) in [6, 6.07) is 5.38. The summed E-state index contributed by atoms with van der Waals surface area (Å²) in [7, 11) is 3.14. The van der Waals surface area contributed by atoms with Gasteiger partial charge in [-0.1, -0.05) is 23.8 Å². The zero-order chi connectivity index (χ0) is 22.1. The number of aromatic nitrogens is 1. The SMILES string of the molecule is C=CCCCc1cc(C)nc(OC)c1CNC(=O)c1cc(Cl)cc(OC)c1CC=C. The van der Waals surface area contributed by atoms with Crippen LogP contribution in [0, 0.1) is 6.92 Å². The van der Waals surface area contributed by atoms with Crippen molar-refractivity contribution in [2.24, 2.45) is 0 Å². The average molecular weight is 429 g/mol. The first-order valence-electron chi connectivity index (χ1n) is 9.84. The highest BCUT2D eigenvalue weighted by Crippen LogP contribution is 2.29. The van der Waals surface area contributed by atoms with Crippen molar-refractivity contribution in [1.29, 1.82) is 0 Å². The lowest BCUT2D eigenvalue weighted by atomic mass is 10.0. The molecule has 2 aromatic rings. The van der Waals surface area contributed by atoms with Crippen LogP contribution in [0.3, 0.4) is 0 Å². The summed E-state index contributed by atoms with van der Waals surface area (Å²) in [5.41, 5.74) is 4.07. The molecule has 160 valence electrons. The number of hydrogen-bond donors (Lipinski definition) is 1. The zero-order valence-corrected chi connectivity index (χ0v) is 18.6. The molecule has 0 fully saturated rings. The van der Waals surface area contributed by atoms with Gasteiger partial charge in [0.05, 0.1) is 14.2 Å². The molecule has 1 heterocycles. The average Bonchev–Trinajstić information content (AvgIpc) is 2.73. The van der Waals surface area contributed by atoms with Crippen molar-refractivity contribution in [2.45, 2.75) is 39.2 Å². The van der Waals surface area contributed by atoms with Gasteiger partial charge in [-0.2, -0.15) is 0 Å². The maximum absolute atomic E-state index is 13.0. The molecule has 1 aromatic carbocycles. The second-order valence-electron chi connectivity index (χ2n) is 6.90. The predicted octanol–water partition coefficient (Wildman–Crippen LogP) is 5.23. The van der Waals surface area contributed by atoms with E-state index in [0.717, 1.165) is 41.6 Å². The second-order valence-corrected chi connectivity index (χ2v) is 7.34. The molecule has 0 atom stereocenters. The van der Waals surface area contributed by atoms with Gasteiger partial charge in [-0.15, -0.1) is 13.2 Å². The fraction of sp³-hybridized carbons (Fsp3) is 0.333. The molecular weight excluding hydrogens is 400 g/mol. The number of benzene rings is 1. The minimum atomic E-state index is -0.243. The highest BCUT2D eigenvalue weighted by atomic mass is 35.5. The smallest absolute Gasteiger partial charge is 0.252 e. The van der Waals surface area contributed by atoms with Crippen molar-refractivity contribution < 1.29 is 14.3 Å². The Morgan fingerprint density at radius 2 is 1.93 bits per heavy atom. The Bertz CT molecular complexity index is 925. The van der Waals surface area contributed by atoms with Crippen molar-refractivity contribution in [1.82, 2.24) is 10.3 Å². The van der Waals surface area contributed by atoms with Crippen LogP contribution in [0.15, 0.2) is 43.5 Å². The lowest BCUT2D eigenvalue weighted by molar-refractivity contribution is 0.0949. The summed E-state index contributed by atoms with van der Waals surface area (Å²) < 4.78 is 10.9. The summed E-state index contributed by atoms with van der Waals surface area (Å²) in [5.74, 6) is 0.846. The number of nitrogens with zero attached hydrogens (tertiary/aromatic N) is 1. The van der Waals surface area contributed by atoms with Gasteiger partial charge in [0.25, 0.3) is 5.91 Å². The molecule has 0 radical (unpaired) electrons. The Morgan fingerprint density at radius 1 is 1.17 bits per heavy atom. The molecule has 30 heavy (non-hydrogen) atoms. The third-order valence-corrected chi connectivity index (χ3v) is 4.99. The number of methoxy groups -OCH3 is 2. The Hall–Kier alpha value is -2.79. The summed E-state index contributed by atoms with van der Waals surface area (Å²) in [6.07, 6.45) is 6.86. The predicted molar refractivity (Wildman–Crippen MR) is 122 cm³/mol. The number of ether oxygens (including phenoxy) is 2. The van der Waals surface area contributed by atoms with Gasteiger partial charge in [0, 0.05) is 34.0 Å². The van der Waals surface area contributed by atoms with Crippen LogP contribution in [0.4, 0.5) is 0 Å². The Labute approximate surface area is 183 Å². The van der Waals surface area contributed by atoms with Gasteiger partial charge < -0.3 is 14.8 Å². The molecule has 0 aliphatic rings. The van der Waals surface area contributed by atoms with Crippen LogP contribution in [-0.4, -0.2) is 25.1 Å². The number of nitrogens with one attached hydrogen (secondary N) is 1. The minimum Gasteiger partial charge on any atom is -0.496 e. The van der Waals surface area contributed by atoms with E-state index >= 15 is 0 Å². The Balaban J connectivity index is 2.33. The van der Waals surface area contributed by atoms with Crippen LogP contribution in [0.2, 0.25) is 5.02 Å². The van der Waals surface area contributed by atoms with Crippen LogP contribution in [0.25, 0.3) is 0 Å². The van der Waals surface area contributed by atoms with E-state index in [1.54, 1.807) is 32.4 Å². The van der Waals surface area contributed by atoms with Crippen LogP contribution in [0.5, 0.6) is 11.6 Å². The summed E-state index contributed by atoms with van der Waals surface area (Å²) >= 11 is 6.20. The molecule has 0 unspecified atom stereocenters. The first-order chi connectivity index (χ1) is 14.4. The standard InChI is InChI=1S/C24H29ClN2O3/c1-6-8-9-11-17-12-16(3)27-24(30-5)21(17)15-26-23(28)20-13-18(25)14-22(29-4)19(20)10-7-2/h6-7,12-14H,1-2,8-11,15H2,3-5H3,(H,26,28). The lowest BCUT2D eigenvalue weighted by Crippen LogP contribution is -2.25. The molecule has 6 heteroatoms. The third kappa shape index (κ3) is 5.86. The van der Waals surface area contributed by atoms with Gasteiger partial charge in [0.15, 0.2) is 0 Å². The molecule has 5 nitrogen and oxygen atoms in total. The van der Waals surface area contributed by atoms with E-state index in [1.165, 1.54) is 0 Å². The van der Waals surface area contributed by atoms with Gasteiger partial charge in [0.2, 0.25) is 5.88 Å². The van der Waals surface area contributed by atoms with Gasteiger partial charge in [-0.05, 0) is 56.4 Å². The molecule has 1 N–H and O–H groups in total. The number of amides is 1. The number of carbonyl (C=O) groups is 1. The van der Waals surface area contributed by atoms with Crippen LogP contribution in [0.1, 0.15) is 45.6 Å². The summed E-state index contributed by atoms with van der Waals surface area (Å²) in [5, 5.41) is 3.42. The molecule has 0 aliphatic carbocycles. The largest absolute Gasteiger partial charge is 0.496 e. The number of aryl methyl sites for hydroxylation is 2. The normalized spacial score (nSPS) is 10.4. The van der Waals surface area contributed by atoms with Crippen LogP contribution < -0.4 is 14.8 Å². The molecule has 0 saturated heterocycles. The quantitative estimate of drug-likeness (QED) is 0.393. The Kier molecular flexibility index (Phi) is 8.93. The van der Waals surface area contributed by atoms with Crippen molar-refractivity contribution >= 4 is 17.5 Å². The third-order valence-electron chi connectivity index (χ3n) is 4.77. The number of carbonyl (C=O) groups excluding carboxylic acids is 1. The molecule has 1 aromatic heterocycles. The van der Waals surface area contributed by atoms with E-state index in [1.807, 2.05) is 19.1 Å². The highest BCUT2D eigenvalue weighted by Gasteiger charge is 2.18. The highest BCUT2D eigenvalue weighted by molar-refractivity contribution is 6.31. The molecular formula is C24H29ClN2O3. The van der Waals surface area contributed by atoms with Crippen LogP contribution in [-0.2, 0) is 19.4 Å². The lowest BCUT2D eigenvalue weighted by Gasteiger charge is -2.17. The van der Waals surface area contributed by atoms with E-state index in [0.29, 0.717) is 35.2 Å². The van der Waals surface area contributed by atoms with E-state index in [9.17, 15) is 4.79 Å². The van der Waals surface area contributed by atoms with Crippen molar-refractivity contribution in [3.05, 3.63) is 76.5 Å². The molecule has 1 amide bonds. The summed E-state index contributed by atoms with van der Waals surface area (Å²) in [6.45, 7) is 9.78. The number of unbranched alkanes of at least 4 members (excludes halogenated alkanes) is 1. The number of hydrogen-bond acceptors (Lipinski definition) is 4. The van der Waals surface area contributed by atoms with Gasteiger partial charge in [0.1, 0.15) is 5.75 Å². The molecule has 0 spiro atoms. The first-order valence-corrected chi connectivity index (χ1v) is 10.2. The van der Waals surface area contributed by atoms with Gasteiger partial charge >= 0.3 is 0 Å². The van der Waals surface area contributed by atoms with Crippen molar-refractivity contribution in [3.63, 3.8) is 0 Å². The first kappa shape index (κ1) is 23.5. The maximum Gasteiger partial charge on any atom is 0.252 e. The second kappa shape index (κ2) is 11.4. The Morgan fingerprint density at radius 3 is 2.57 bits per heavy atom.